The minimum atomic E-state index is -0.521. The van der Waals surface area contributed by atoms with E-state index < -0.39 is 5.60 Å². The number of ether oxygens (including phenoxy) is 2. The molecule has 2 atom stereocenters. The molecule has 9 nitrogen and oxygen atoms in total. The molecule has 2 aromatic carbocycles. The summed E-state index contributed by atoms with van der Waals surface area (Å²) in [7, 11) is 4.23. The maximum absolute atomic E-state index is 12.8. The van der Waals surface area contributed by atoms with Gasteiger partial charge in [0.1, 0.15) is 18.0 Å². The minimum Gasteiger partial charge on any atom is -0.462 e. The van der Waals surface area contributed by atoms with Crippen molar-refractivity contribution in [3.63, 3.8) is 0 Å². The molecule has 3 aliphatic rings. The summed E-state index contributed by atoms with van der Waals surface area (Å²) < 4.78 is 12.0. The van der Waals surface area contributed by atoms with E-state index in [-0.39, 0.29) is 12.1 Å². The number of hydrogen-bond acceptors (Lipinski definition) is 8. The molecule has 0 aliphatic carbocycles. The van der Waals surface area contributed by atoms with Crippen LogP contribution >= 0.6 is 11.6 Å². The predicted octanol–water partition coefficient (Wildman–Crippen LogP) is 5.76. The third kappa shape index (κ3) is 6.34. The lowest BCUT2D eigenvalue weighted by molar-refractivity contribution is 0.0292. The summed E-state index contributed by atoms with van der Waals surface area (Å²) in [6, 6.07) is 13.3. The van der Waals surface area contributed by atoms with Gasteiger partial charge in [0, 0.05) is 55.4 Å². The molecule has 6 rings (SSSR count). The fraction of sp³-hybridized carbons (Fsp3) is 0.545. The molecule has 0 radical (unpaired) electrons. The number of anilines is 2. The zero-order valence-electron chi connectivity index (χ0n) is 26.0. The highest BCUT2D eigenvalue weighted by Crippen LogP contribution is 2.37. The number of carbonyl (C=O) groups excluding carboxylic acids is 1. The highest BCUT2D eigenvalue weighted by molar-refractivity contribution is 6.36. The van der Waals surface area contributed by atoms with Crippen molar-refractivity contribution in [3.8, 4) is 6.01 Å². The van der Waals surface area contributed by atoms with Crippen LogP contribution in [0.5, 0.6) is 6.01 Å². The topological polar surface area (TPSA) is 74.3 Å². The molecule has 0 saturated carbocycles. The minimum absolute atomic E-state index is 0.121. The lowest BCUT2D eigenvalue weighted by atomic mass is 10.0. The zero-order chi connectivity index (χ0) is 30.3. The fourth-order valence-electron chi connectivity index (χ4n) is 6.57. The van der Waals surface area contributed by atoms with Gasteiger partial charge in [-0.3, -0.25) is 0 Å². The van der Waals surface area contributed by atoms with Crippen molar-refractivity contribution < 1.29 is 14.3 Å². The Labute approximate surface area is 259 Å². The van der Waals surface area contributed by atoms with Crippen molar-refractivity contribution in [1.29, 1.82) is 0 Å². The standard InChI is InChI=1S/C33H43ClN6O3/c1-33(2,3)43-32(41)40-17-14-23(19-40)38(5)30-25-15-18-39(28-13-7-10-22-9-6-12-26(34)29(22)28)20-27(25)35-31(36-30)42-21-24-11-8-16-37(24)4/h6-7,9-10,12-13,23-24H,8,11,14-21H2,1-5H3. The van der Waals surface area contributed by atoms with Crippen molar-refractivity contribution in [1.82, 2.24) is 19.8 Å². The number of halogens is 1. The number of likely N-dealkylation sites (N-methyl/N-ethyl adjacent to an activating group) is 2. The maximum Gasteiger partial charge on any atom is 0.410 e. The second-order valence-corrected chi connectivity index (χ2v) is 13.5. The van der Waals surface area contributed by atoms with E-state index >= 15 is 0 Å². The molecule has 230 valence electrons. The van der Waals surface area contributed by atoms with Crippen LogP contribution in [0.1, 0.15) is 51.3 Å². The van der Waals surface area contributed by atoms with Gasteiger partial charge < -0.3 is 29.1 Å². The molecule has 0 spiro atoms. The van der Waals surface area contributed by atoms with Gasteiger partial charge in [-0.15, -0.1) is 0 Å². The SMILES string of the molecule is CN1CCCC1COc1nc2c(c(N(C)C3CCN(C(=O)OC(C)(C)C)C3)n1)CCN(c1cccc3cccc(Cl)c13)C2. The van der Waals surface area contributed by atoms with Crippen molar-refractivity contribution in [2.45, 2.75) is 70.7 Å². The van der Waals surface area contributed by atoms with Gasteiger partial charge in [-0.05, 0) is 77.6 Å². The van der Waals surface area contributed by atoms with Crippen LogP contribution in [0, 0.1) is 0 Å². The highest BCUT2D eigenvalue weighted by Gasteiger charge is 2.35. The Morgan fingerprint density at radius 3 is 2.63 bits per heavy atom. The summed E-state index contributed by atoms with van der Waals surface area (Å²) in [6.45, 7) is 10.1. The van der Waals surface area contributed by atoms with E-state index in [1.807, 2.05) is 32.9 Å². The molecule has 10 heteroatoms. The number of nitrogens with zero attached hydrogens (tertiary/aromatic N) is 6. The highest BCUT2D eigenvalue weighted by atomic mass is 35.5. The van der Waals surface area contributed by atoms with Gasteiger partial charge in [-0.25, -0.2) is 4.79 Å². The number of amides is 1. The zero-order valence-corrected chi connectivity index (χ0v) is 26.7. The Hall–Kier alpha value is -3.30. The second kappa shape index (κ2) is 12.0. The van der Waals surface area contributed by atoms with Crippen LogP contribution in [0.2, 0.25) is 5.02 Å². The van der Waals surface area contributed by atoms with Crippen LogP contribution in [0.15, 0.2) is 36.4 Å². The van der Waals surface area contributed by atoms with Crippen LogP contribution in [0.3, 0.4) is 0 Å². The van der Waals surface area contributed by atoms with Crippen molar-refractivity contribution in [3.05, 3.63) is 52.7 Å². The van der Waals surface area contributed by atoms with Crippen LogP contribution in [0.4, 0.5) is 16.3 Å². The Morgan fingerprint density at radius 2 is 1.88 bits per heavy atom. The van der Waals surface area contributed by atoms with Crippen LogP contribution in [0.25, 0.3) is 10.8 Å². The molecule has 1 aromatic heterocycles. The molecular formula is C33H43ClN6O3. The molecule has 0 bridgehead atoms. The van der Waals surface area contributed by atoms with Gasteiger partial charge in [-0.1, -0.05) is 35.9 Å². The van der Waals surface area contributed by atoms with E-state index in [9.17, 15) is 4.79 Å². The van der Waals surface area contributed by atoms with Crippen LogP contribution < -0.4 is 14.5 Å². The molecular weight excluding hydrogens is 564 g/mol. The average molecular weight is 607 g/mol. The van der Waals surface area contributed by atoms with Crippen molar-refractivity contribution >= 4 is 40.0 Å². The van der Waals surface area contributed by atoms with Crippen molar-refractivity contribution in [2.24, 2.45) is 0 Å². The van der Waals surface area contributed by atoms with E-state index in [0.29, 0.717) is 38.3 Å². The molecule has 2 saturated heterocycles. The monoisotopic (exact) mass is 606 g/mol. The summed E-state index contributed by atoms with van der Waals surface area (Å²) in [4.78, 5) is 31.5. The van der Waals surface area contributed by atoms with E-state index in [0.717, 1.165) is 70.9 Å². The largest absolute Gasteiger partial charge is 0.462 e. The number of carbonyl (C=O) groups is 1. The van der Waals surface area contributed by atoms with E-state index in [1.54, 1.807) is 4.90 Å². The van der Waals surface area contributed by atoms with Gasteiger partial charge >= 0.3 is 12.1 Å². The number of benzene rings is 2. The molecule has 1 amide bonds. The number of hydrogen-bond donors (Lipinski definition) is 0. The van der Waals surface area contributed by atoms with Crippen LogP contribution in [-0.2, 0) is 17.7 Å². The Balaban J connectivity index is 1.29. The third-order valence-electron chi connectivity index (χ3n) is 8.97. The average Bonchev–Trinajstić information content (AvgIpc) is 3.63. The summed E-state index contributed by atoms with van der Waals surface area (Å²) >= 11 is 6.71. The van der Waals surface area contributed by atoms with Gasteiger partial charge in [0.05, 0.1) is 17.3 Å². The number of aromatic nitrogens is 2. The molecule has 2 unspecified atom stereocenters. The summed E-state index contributed by atoms with van der Waals surface area (Å²) in [5.74, 6) is 0.895. The first-order valence-electron chi connectivity index (χ1n) is 15.4. The first kappa shape index (κ1) is 29.8. The lowest BCUT2D eigenvalue weighted by Crippen LogP contribution is -2.40. The van der Waals surface area contributed by atoms with Crippen LogP contribution in [-0.4, -0.2) is 90.4 Å². The number of fused-ring (bicyclic) bond motifs is 2. The maximum atomic E-state index is 12.8. The second-order valence-electron chi connectivity index (χ2n) is 13.1. The predicted molar refractivity (Wildman–Crippen MR) is 172 cm³/mol. The Morgan fingerprint density at radius 1 is 1.09 bits per heavy atom. The number of likely N-dealkylation sites (tertiary alicyclic amines) is 2. The van der Waals surface area contributed by atoms with E-state index in [2.05, 4.69) is 53.1 Å². The lowest BCUT2D eigenvalue weighted by Gasteiger charge is -2.35. The van der Waals surface area contributed by atoms with Gasteiger partial charge in [0.25, 0.3) is 0 Å². The van der Waals surface area contributed by atoms with Gasteiger partial charge in [0.15, 0.2) is 0 Å². The molecule has 0 N–H and O–H groups in total. The normalized spacial score (nSPS) is 20.9. The van der Waals surface area contributed by atoms with E-state index in [4.69, 9.17) is 31.0 Å². The first-order valence-corrected chi connectivity index (χ1v) is 15.8. The summed E-state index contributed by atoms with van der Waals surface area (Å²) in [5, 5.41) is 2.94. The Bertz CT molecular complexity index is 1490. The quantitative estimate of drug-likeness (QED) is 0.350. The molecule has 3 aromatic rings. The summed E-state index contributed by atoms with van der Waals surface area (Å²) in [5.41, 5.74) is 2.71. The Kier molecular flexibility index (Phi) is 8.31. The molecule has 4 heterocycles. The third-order valence-corrected chi connectivity index (χ3v) is 9.28. The van der Waals surface area contributed by atoms with Gasteiger partial charge in [-0.2, -0.15) is 9.97 Å². The first-order chi connectivity index (χ1) is 20.6. The van der Waals surface area contributed by atoms with Crippen molar-refractivity contribution in [2.75, 3.05) is 56.7 Å². The van der Waals surface area contributed by atoms with Gasteiger partial charge in [0.2, 0.25) is 0 Å². The summed E-state index contributed by atoms with van der Waals surface area (Å²) in [6.07, 6.45) is 3.68. The molecule has 3 aliphatic heterocycles. The molecule has 43 heavy (non-hydrogen) atoms. The fourth-order valence-corrected chi connectivity index (χ4v) is 6.85. The smallest absolute Gasteiger partial charge is 0.410 e. The molecule has 2 fully saturated rings. The van der Waals surface area contributed by atoms with E-state index in [1.165, 1.54) is 6.42 Å². The number of rotatable bonds is 6.